The van der Waals surface area contributed by atoms with Gasteiger partial charge in [0.05, 0.1) is 0 Å². The Morgan fingerprint density at radius 1 is 1.47 bits per heavy atom. The normalized spacial score (nSPS) is 27.7. The molecule has 0 saturated carbocycles. The summed E-state index contributed by atoms with van der Waals surface area (Å²) in [6.45, 7) is 4.62. The number of piperidine rings is 1. The van der Waals surface area contributed by atoms with Crippen LogP contribution in [0.3, 0.4) is 0 Å². The number of hydrogen-bond donors (Lipinski definition) is 1. The number of hydrogen-bond acceptors (Lipinski definition) is 4. The summed E-state index contributed by atoms with van der Waals surface area (Å²) in [6.07, 6.45) is 4.82. The number of aromatic nitrogens is 1. The molecular formula is C14H21N3O2. The molecular weight excluding hydrogens is 242 g/mol. The number of amides is 1. The second kappa shape index (κ2) is 5.33. The molecule has 3 heterocycles. The average molecular weight is 263 g/mol. The Kier molecular flexibility index (Phi) is 3.55. The molecule has 3 rings (SSSR count). The maximum atomic E-state index is 12.4. The molecule has 2 saturated heterocycles. The highest BCUT2D eigenvalue weighted by molar-refractivity contribution is 5.92. The van der Waals surface area contributed by atoms with Gasteiger partial charge in [-0.25, -0.2) is 0 Å². The van der Waals surface area contributed by atoms with Gasteiger partial charge in [0.25, 0.3) is 5.91 Å². The largest absolute Gasteiger partial charge is 0.361 e. The van der Waals surface area contributed by atoms with Gasteiger partial charge >= 0.3 is 0 Å². The number of likely N-dealkylation sites (tertiary alicyclic amines) is 1. The van der Waals surface area contributed by atoms with Gasteiger partial charge in [-0.05, 0) is 45.1 Å². The third-order valence-corrected chi connectivity index (χ3v) is 4.26. The summed E-state index contributed by atoms with van der Waals surface area (Å²) in [7, 11) is 0. The van der Waals surface area contributed by atoms with E-state index in [1.807, 2.05) is 11.8 Å². The number of rotatable bonds is 2. The minimum atomic E-state index is 0.0135. The van der Waals surface area contributed by atoms with Gasteiger partial charge in [0.2, 0.25) is 0 Å². The van der Waals surface area contributed by atoms with E-state index in [-0.39, 0.29) is 5.91 Å². The third kappa shape index (κ3) is 2.66. The molecule has 19 heavy (non-hydrogen) atoms. The highest BCUT2D eigenvalue weighted by Gasteiger charge is 2.31. The van der Waals surface area contributed by atoms with Crippen molar-refractivity contribution in [3.63, 3.8) is 0 Å². The van der Waals surface area contributed by atoms with E-state index in [0.29, 0.717) is 23.4 Å². The van der Waals surface area contributed by atoms with Gasteiger partial charge in [-0.1, -0.05) is 5.16 Å². The van der Waals surface area contributed by atoms with Crippen LogP contribution in [0.25, 0.3) is 0 Å². The summed E-state index contributed by atoms with van der Waals surface area (Å²) in [4.78, 5) is 14.3. The number of nitrogens with one attached hydrogen (secondary N) is 1. The van der Waals surface area contributed by atoms with Crippen molar-refractivity contribution in [2.75, 3.05) is 19.6 Å². The lowest BCUT2D eigenvalue weighted by molar-refractivity contribution is 0.0640. The smallest absolute Gasteiger partial charge is 0.276 e. The molecule has 0 aliphatic carbocycles. The van der Waals surface area contributed by atoms with E-state index in [0.717, 1.165) is 26.1 Å². The SMILES string of the molecule is Cc1cc(C(=O)N2CCCC(C3CCCN3)C2)no1. The zero-order chi connectivity index (χ0) is 13.2. The Balaban J connectivity index is 1.65. The Morgan fingerprint density at radius 3 is 3.05 bits per heavy atom. The van der Waals surface area contributed by atoms with Crippen molar-refractivity contribution in [3.8, 4) is 0 Å². The van der Waals surface area contributed by atoms with Crippen molar-refractivity contribution in [3.05, 3.63) is 17.5 Å². The van der Waals surface area contributed by atoms with Gasteiger partial charge < -0.3 is 14.7 Å². The fraction of sp³-hybridized carbons (Fsp3) is 0.714. The standard InChI is InChI=1S/C14H21N3O2/c1-10-8-13(16-19-10)14(18)17-7-3-4-11(9-17)12-5-2-6-15-12/h8,11-12,15H,2-7,9H2,1H3. The molecule has 104 valence electrons. The maximum Gasteiger partial charge on any atom is 0.276 e. The van der Waals surface area contributed by atoms with E-state index in [4.69, 9.17) is 4.52 Å². The van der Waals surface area contributed by atoms with Crippen LogP contribution >= 0.6 is 0 Å². The van der Waals surface area contributed by atoms with Gasteiger partial charge in [-0.15, -0.1) is 0 Å². The summed E-state index contributed by atoms with van der Waals surface area (Å²) in [5.41, 5.74) is 0.442. The lowest BCUT2D eigenvalue weighted by atomic mass is 9.89. The van der Waals surface area contributed by atoms with Crippen LogP contribution in [-0.4, -0.2) is 41.6 Å². The van der Waals surface area contributed by atoms with Crippen molar-refractivity contribution >= 4 is 5.91 Å². The summed E-state index contributed by atoms with van der Waals surface area (Å²) in [6, 6.07) is 2.31. The van der Waals surface area contributed by atoms with Crippen LogP contribution in [0.1, 0.15) is 41.9 Å². The van der Waals surface area contributed by atoms with E-state index in [2.05, 4.69) is 10.5 Å². The van der Waals surface area contributed by atoms with Gasteiger partial charge in [0, 0.05) is 25.2 Å². The minimum absolute atomic E-state index is 0.0135. The van der Waals surface area contributed by atoms with Crippen LogP contribution in [0.2, 0.25) is 0 Å². The first-order valence-electron chi connectivity index (χ1n) is 7.20. The molecule has 1 aromatic rings. The summed E-state index contributed by atoms with van der Waals surface area (Å²) >= 11 is 0. The van der Waals surface area contributed by atoms with E-state index >= 15 is 0 Å². The summed E-state index contributed by atoms with van der Waals surface area (Å²) in [5.74, 6) is 1.29. The molecule has 5 heteroatoms. The predicted octanol–water partition coefficient (Wildman–Crippen LogP) is 1.59. The Hall–Kier alpha value is -1.36. The number of aryl methyl sites for hydroxylation is 1. The van der Waals surface area contributed by atoms with E-state index in [1.165, 1.54) is 19.3 Å². The van der Waals surface area contributed by atoms with Crippen molar-refractivity contribution in [1.29, 1.82) is 0 Å². The second-order valence-electron chi connectivity index (χ2n) is 5.68. The van der Waals surface area contributed by atoms with E-state index < -0.39 is 0 Å². The van der Waals surface area contributed by atoms with Crippen molar-refractivity contribution in [1.82, 2.24) is 15.4 Å². The third-order valence-electron chi connectivity index (χ3n) is 4.26. The minimum Gasteiger partial charge on any atom is -0.361 e. The molecule has 2 aliphatic rings. The molecule has 1 aromatic heterocycles. The summed E-state index contributed by atoms with van der Waals surface area (Å²) < 4.78 is 4.99. The highest BCUT2D eigenvalue weighted by Crippen LogP contribution is 2.25. The lowest BCUT2D eigenvalue weighted by Gasteiger charge is -2.35. The molecule has 0 radical (unpaired) electrons. The van der Waals surface area contributed by atoms with Crippen LogP contribution in [0.5, 0.6) is 0 Å². The molecule has 2 fully saturated rings. The average Bonchev–Trinajstić information content (AvgIpc) is 3.09. The Morgan fingerprint density at radius 2 is 2.37 bits per heavy atom. The molecule has 2 atom stereocenters. The van der Waals surface area contributed by atoms with Gasteiger partial charge in [0.15, 0.2) is 5.69 Å². The van der Waals surface area contributed by atoms with Gasteiger partial charge in [-0.3, -0.25) is 4.79 Å². The molecule has 1 N–H and O–H groups in total. The molecule has 0 aromatic carbocycles. The zero-order valence-electron chi connectivity index (χ0n) is 11.4. The molecule has 2 aliphatic heterocycles. The maximum absolute atomic E-state index is 12.4. The Labute approximate surface area is 113 Å². The quantitative estimate of drug-likeness (QED) is 0.880. The van der Waals surface area contributed by atoms with Gasteiger partial charge in [-0.2, -0.15) is 0 Å². The van der Waals surface area contributed by atoms with Crippen LogP contribution < -0.4 is 5.32 Å². The monoisotopic (exact) mass is 263 g/mol. The topological polar surface area (TPSA) is 58.4 Å². The number of carbonyl (C=O) groups excluding carboxylic acids is 1. The molecule has 0 bridgehead atoms. The van der Waals surface area contributed by atoms with Crippen molar-refractivity contribution in [2.45, 2.75) is 38.6 Å². The first-order chi connectivity index (χ1) is 9.24. The first kappa shape index (κ1) is 12.7. The van der Waals surface area contributed by atoms with E-state index in [9.17, 15) is 4.79 Å². The lowest BCUT2D eigenvalue weighted by Crippen LogP contribution is -2.45. The molecule has 1 amide bonds. The van der Waals surface area contributed by atoms with E-state index in [1.54, 1.807) is 6.07 Å². The van der Waals surface area contributed by atoms with Crippen LogP contribution in [0.4, 0.5) is 0 Å². The fourth-order valence-corrected chi connectivity index (χ4v) is 3.27. The van der Waals surface area contributed by atoms with Crippen LogP contribution in [0, 0.1) is 12.8 Å². The fourth-order valence-electron chi connectivity index (χ4n) is 3.27. The first-order valence-corrected chi connectivity index (χ1v) is 7.20. The Bertz CT molecular complexity index is 451. The summed E-state index contributed by atoms with van der Waals surface area (Å²) in [5, 5.41) is 7.39. The number of nitrogens with zero attached hydrogens (tertiary/aromatic N) is 2. The van der Waals surface area contributed by atoms with Crippen LogP contribution in [0.15, 0.2) is 10.6 Å². The number of carbonyl (C=O) groups is 1. The predicted molar refractivity (Wildman–Crippen MR) is 70.9 cm³/mol. The molecule has 5 nitrogen and oxygen atoms in total. The van der Waals surface area contributed by atoms with Crippen molar-refractivity contribution < 1.29 is 9.32 Å². The molecule has 2 unspecified atom stereocenters. The van der Waals surface area contributed by atoms with Crippen LogP contribution in [-0.2, 0) is 0 Å². The zero-order valence-corrected chi connectivity index (χ0v) is 11.4. The highest BCUT2D eigenvalue weighted by atomic mass is 16.5. The van der Waals surface area contributed by atoms with Gasteiger partial charge in [0.1, 0.15) is 5.76 Å². The second-order valence-corrected chi connectivity index (χ2v) is 5.68. The molecule has 0 spiro atoms. The van der Waals surface area contributed by atoms with Crippen molar-refractivity contribution in [2.24, 2.45) is 5.92 Å².